The van der Waals surface area contributed by atoms with E-state index in [0.717, 1.165) is 0 Å². The first-order valence-corrected chi connectivity index (χ1v) is 8.46. The van der Waals surface area contributed by atoms with Crippen molar-refractivity contribution in [3.63, 3.8) is 0 Å². The van der Waals surface area contributed by atoms with E-state index in [1.165, 1.54) is 32.7 Å². The second-order valence-corrected chi connectivity index (χ2v) is 7.84. The minimum atomic E-state index is 0.0917. The quantitative estimate of drug-likeness (QED) is 0.504. The Morgan fingerprint density at radius 3 is 2.09 bits per heavy atom. The maximum absolute atomic E-state index is 2.32. The zero-order valence-corrected chi connectivity index (χ0v) is 13.7. The lowest BCUT2D eigenvalue weighted by molar-refractivity contribution is 0.778. The van der Waals surface area contributed by atoms with Crippen LogP contribution in [0.4, 0.5) is 0 Å². The Balaban J connectivity index is 2.01. The molecule has 0 aliphatic carbocycles. The van der Waals surface area contributed by atoms with Crippen LogP contribution < -0.4 is 0 Å². The first kappa shape index (κ1) is 13.7. The van der Waals surface area contributed by atoms with E-state index in [9.17, 15) is 0 Å². The predicted molar refractivity (Wildman–Crippen MR) is 96.2 cm³/mol. The van der Waals surface area contributed by atoms with Crippen molar-refractivity contribution in [3.8, 4) is 22.3 Å². The smallest absolute Gasteiger partial charge is 0.0405 e. The largest absolute Gasteiger partial charge is 0.114 e. The average Bonchev–Trinajstić information content (AvgIpc) is 2.55. The highest BCUT2D eigenvalue weighted by molar-refractivity contribution is 8.00. The van der Waals surface area contributed by atoms with Crippen LogP contribution in [0.1, 0.15) is 19.4 Å². The number of thioether (sulfide) groups is 1. The molecule has 0 bridgehead atoms. The van der Waals surface area contributed by atoms with Gasteiger partial charge in [-0.1, -0.05) is 72.8 Å². The van der Waals surface area contributed by atoms with Crippen molar-refractivity contribution in [2.75, 3.05) is 0 Å². The van der Waals surface area contributed by atoms with Crippen molar-refractivity contribution in [3.05, 3.63) is 78.4 Å². The molecule has 0 saturated carbocycles. The third-order valence-corrected chi connectivity index (χ3v) is 5.70. The lowest BCUT2D eigenvalue weighted by atomic mass is 9.89. The SMILES string of the molecule is CC1(C)Sc2c(-c3ccccc3)cccc2-c2ccccc21. The van der Waals surface area contributed by atoms with E-state index in [1.807, 2.05) is 11.8 Å². The molecule has 1 aliphatic heterocycles. The Labute approximate surface area is 136 Å². The van der Waals surface area contributed by atoms with Gasteiger partial charge in [-0.3, -0.25) is 0 Å². The standard InChI is InChI=1S/C21H18S/c1-21(2)19-14-7-6-11-17(19)18-13-8-12-16(20(18)22-21)15-9-4-3-5-10-15/h3-14H,1-2H3. The average molecular weight is 302 g/mol. The fourth-order valence-electron chi connectivity index (χ4n) is 3.26. The van der Waals surface area contributed by atoms with E-state index < -0.39 is 0 Å². The molecule has 0 radical (unpaired) electrons. The number of hydrogen-bond acceptors (Lipinski definition) is 1. The fraction of sp³-hybridized carbons (Fsp3) is 0.143. The van der Waals surface area contributed by atoms with Crippen LogP contribution in [0, 0.1) is 0 Å². The molecule has 1 heterocycles. The number of benzene rings is 3. The molecule has 0 saturated heterocycles. The Kier molecular flexibility index (Phi) is 3.12. The molecular formula is C21H18S. The van der Waals surface area contributed by atoms with Gasteiger partial charge in [0.05, 0.1) is 0 Å². The van der Waals surface area contributed by atoms with Crippen LogP contribution in [0.5, 0.6) is 0 Å². The van der Waals surface area contributed by atoms with Gasteiger partial charge in [0.15, 0.2) is 0 Å². The third-order valence-electron chi connectivity index (χ3n) is 4.32. The molecule has 3 aromatic rings. The molecule has 3 aromatic carbocycles. The maximum atomic E-state index is 2.32. The maximum Gasteiger partial charge on any atom is 0.0405 e. The summed E-state index contributed by atoms with van der Waals surface area (Å²) in [4.78, 5) is 1.40. The van der Waals surface area contributed by atoms with Gasteiger partial charge in [0.1, 0.15) is 0 Å². The topological polar surface area (TPSA) is 0 Å². The number of fused-ring (bicyclic) bond motifs is 3. The Morgan fingerprint density at radius 2 is 1.27 bits per heavy atom. The number of hydrogen-bond donors (Lipinski definition) is 0. The first-order chi connectivity index (χ1) is 10.7. The third kappa shape index (κ3) is 2.08. The van der Waals surface area contributed by atoms with Crippen molar-refractivity contribution >= 4 is 11.8 Å². The Bertz CT molecular complexity index is 817. The number of rotatable bonds is 1. The molecule has 4 rings (SSSR count). The molecule has 0 fully saturated rings. The summed E-state index contributed by atoms with van der Waals surface area (Å²) in [6.45, 7) is 4.64. The van der Waals surface area contributed by atoms with Crippen LogP contribution in [-0.4, -0.2) is 0 Å². The summed E-state index contributed by atoms with van der Waals surface area (Å²) >= 11 is 1.98. The molecule has 0 amide bonds. The van der Waals surface area contributed by atoms with Crippen molar-refractivity contribution < 1.29 is 0 Å². The van der Waals surface area contributed by atoms with Gasteiger partial charge in [0, 0.05) is 9.64 Å². The summed E-state index contributed by atoms with van der Waals surface area (Å²) in [6.07, 6.45) is 0. The van der Waals surface area contributed by atoms with Gasteiger partial charge < -0.3 is 0 Å². The zero-order chi connectivity index (χ0) is 15.2. The molecule has 0 nitrogen and oxygen atoms in total. The lowest BCUT2D eigenvalue weighted by Gasteiger charge is -2.34. The van der Waals surface area contributed by atoms with Crippen LogP contribution in [0.3, 0.4) is 0 Å². The molecule has 0 N–H and O–H groups in total. The first-order valence-electron chi connectivity index (χ1n) is 7.64. The van der Waals surface area contributed by atoms with Gasteiger partial charge in [-0.25, -0.2) is 0 Å². The van der Waals surface area contributed by atoms with E-state index in [4.69, 9.17) is 0 Å². The molecule has 108 valence electrons. The van der Waals surface area contributed by atoms with E-state index in [1.54, 1.807) is 0 Å². The van der Waals surface area contributed by atoms with E-state index >= 15 is 0 Å². The summed E-state index contributed by atoms with van der Waals surface area (Å²) in [5.41, 5.74) is 6.80. The van der Waals surface area contributed by atoms with Gasteiger partial charge in [-0.05, 0) is 41.7 Å². The summed E-state index contributed by atoms with van der Waals surface area (Å²) < 4.78 is 0.0917. The summed E-state index contributed by atoms with van der Waals surface area (Å²) in [5, 5.41) is 0. The summed E-state index contributed by atoms with van der Waals surface area (Å²) in [6, 6.07) is 26.2. The van der Waals surface area contributed by atoms with Crippen molar-refractivity contribution in [2.24, 2.45) is 0 Å². The summed E-state index contributed by atoms with van der Waals surface area (Å²) in [5.74, 6) is 0. The van der Waals surface area contributed by atoms with Crippen molar-refractivity contribution in [2.45, 2.75) is 23.5 Å². The van der Waals surface area contributed by atoms with Crippen LogP contribution in [0.25, 0.3) is 22.3 Å². The zero-order valence-electron chi connectivity index (χ0n) is 12.8. The molecule has 1 heteroatoms. The minimum Gasteiger partial charge on any atom is -0.114 e. The molecule has 0 atom stereocenters. The molecule has 0 aromatic heterocycles. The Morgan fingerprint density at radius 1 is 0.636 bits per heavy atom. The predicted octanol–water partition coefficient (Wildman–Crippen LogP) is 6.36. The second-order valence-electron chi connectivity index (χ2n) is 6.21. The highest BCUT2D eigenvalue weighted by Crippen LogP contribution is 2.54. The van der Waals surface area contributed by atoms with Crippen LogP contribution in [0.2, 0.25) is 0 Å². The molecule has 22 heavy (non-hydrogen) atoms. The van der Waals surface area contributed by atoms with Gasteiger partial charge >= 0.3 is 0 Å². The van der Waals surface area contributed by atoms with Crippen LogP contribution in [0.15, 0.2) is 77.7 Å². The highest BCUT2D eigenvalue weighted by atomic mass is 32.2. The van der Waals surface area contributed by atoms with Crippen LogP contribution in [-0.2, 0) is 4.75 Å². The molecular weight excluding hydrogens is 284 g/mol. The highest BCUT2D eigenvalue weighted by Gasteiger charge is 2.32. The van der Waals surface area contributed by atoms with E-state index in [2.05, 4.69) is 86.6 Å². The van der Waals surface area contributed by atoms with Crippen molar-refractivity contribution in [1.82, 2.24) is 0 Å². The second kappa shape index (κ2) is 5.03. The molecule has 0 unspecified atom stereocenters. The van der Waals surface area contributed by atoms with E-state index in [-0.39, 0.29) is 4.75 Å². The fourth-order valence-corrected chi connectivity index (χ4v) is 4.64. The summed E-state index contributed by atoms with van der Waals surface area (Å²) in [7, 11) is 0. The van der Waals surface area contributed by atoms with Gasteiger partial charge in [0.2, 0.25) is 0 Å². The lowest BCUT2D eigenvalue weighted by Crippen LogP contribution is -2.17. The van der Waals surface area contributed by atoms with Crippen LogP contribution >= 0.6 is 11.8 Å². The minimum absolute atomic E-state index is 0.0917. The van der Waals surface area contributed by atoms with Crippen molar-refractivity contribution in [1.29, 1.82) is 0 Å². The monoisotopic (exact) mass is 302 g/mol. The van der Waals surface area contributed by atoms with Gasteiger partial charge in [-0.2, -0.15) is 0 Å². The molecule has 1 aliphatic rings. The normalized spacial score (nSPS) is 15.0. The Hall–Kier alpha value is -1.99. The molecule has 0 spiro atoms. The van der Waals surface area contributed by atoms with Gasteiger partial charge in [0.25, 0.3) is 0 Å². The van der Waals surface area contributed by atoms with E-state index in [0.29, 0.717) is 0 Å². The van der Waals surface area contributed by atoms with Gasteiger partial charge in [-0.15, -0.1) is 11.8 Å².